The zero-order chi connectivity index (χ0) is 13.2. The first-order chi connectivity index (χ1) is 8.57. The van der Waals surface area contributed by atoms with Gasteiger partial charge in [0.25, 0.3) is 10.7 Å². The highest BCUT2D eigenvalue weighted by Crippen LogP contribution is 2.29. The van der Waals surface area contributed by atoms with Crippen molar-refractivity contribution in [2.24, 2.45) is 0 Å². The van der Waals surface area contributed by atoms with Gasteiger partial charge in [0.1, 0.15) is 0 Å². The summed E-state index contributed by atoms with van der Waals surface area (Å²) in [4.78, 5) is 19.3. The average Bonchev–Trinajstić information content (AvgIpc) is 2.39. The predicted octanol–water partition coefficient (Wildman–Crippen LogP) is 1.93. The monoisotopic (exact) mass is 264 g/mol. The quantitative estimate of drug-likeness (QED) is 0.298. The van der Waals surface area contributed by atoms with Gasteiger partial charge in [0.2, 0.25) is 0 Å². The van der Waals surface area contributed by atoms with E-state index in [1.54, 1.807) is 0 Å². The maximum atomic E-state index is 11.0. The Balaban J connectivity index is 2.44. The van der Waals surface area contributed by atoms with Gasteiger partial charge in [-0.05, 0) is 11.6 Å². The van der Waals surface area contributed by atoms with Crippen molar-refractivity contribution in [1.82, 2.24) is 5.32 Å². The van der Waals surface area contributed by atoms with Gasteiger partial charge in [-0.15, -0.1) is 0 Å². The van der Waals surface area contributed by atoms with Crippen LogP contribution in [0.4, 0.5) is 0 Å². The van der Waals surface area contributed by atoms with Gasteiger partial charge in [0, 0.05) is 11.8 Å². The molecule has 1 aliphatic heterocycles. The van der Waals surface area contributed by atoms with Gasteiger partial charge >= 0.3 is 0 Å². The molecule has 1 aromatic rings. The molecule has 92 valence electrons. The van der Waals surface area contributed by atoms with Crippen molar-refractivity contribution in [3.63, 3.8) is 0 Å². The second-order valence-electron chi connectivity index (χ2n) is 3.71. The minimum absolute atomic E-state index is 0.319. The lowest BCUT2D eigenvalue weighted by Gasteiger charge is -2.25. The fourth-order valence-corrected chi connectivity index (χ4v) is 1.89. The Morgan fingerprint density at radius 2 is 1.94 bits per heavy atom. The molecule has 1 N–H and O–H groups in total. The van der Waals surface area contributed by atoms with E-state index in [0.29, 0.717) is 12.0 Å². The number of carbonyl (C=O) groups excluding carboxylic acids is 1. The number of carbonyl (C=O) groups is 1. The van der Waals surface area contributed by atoms with Gasteiger partial charge in [0.15, 0.2) is 6.29 Å². The number of alkyl halides is 1. The van der Waals surface area contributed by atoms with Crippen LogP contribution in [-0.2, 0) is 4.79 Å². The number of hydrogen-bond donors (Lipinski definition) is 1. The molecule has 0 aromatic heterocycles. The number of nitrogens with one attached hydrogen (secondary N) is 1. The van der Waals surface area contributed by atoms with Crippen molar-refractivity contribution in [3.8, 4) is 0 Å². The molecule has 1 heterocycles. The summed E-state index contributed by atoms with van der Waals surface area (Å²) in [7, 11) is 0. The maximum Gasteiger partial charge on any atom is 0.294 e. The Kier molecular flexibility index (Phi) is 3.16. The predicted molar refractivity (Wildman–Crippen MR) is 67.3 cm³/mol. The van der Waals surface area contributed by atoms with Crippen LogP contribution < -0.4 is 5.32 Å². The van der Waals surface area contributed by atoms with E-state index in [1.165, 1.54) is 12.2 Å². The van der Waals surface area contributed by atoms with Crippen LogP contribution in [-0.4, -0.2) is 16.2 Å². The van der Waals surface area contributed by atoms with Crippen molar-refractivity contribution < 1.29 is 9.72 Å². The minimum Gasteiger partial charge on any atom is -0.352 e. The van der Waals surface area contributed by atoms with E-state index in [-0.39, 0.29) is 5.70 Å². The summed E-state index contributed by atoms with van der Waals surface area (Å²) in [6.07, 6.45) is 3.08. The van der Waals surface area contributed by atoms with Crippen molar-refractivity contribution >= 4 is 23.6 Å². The number of allylic oxidation sites excluding steroid dienone is 2. The van der Waals surface area contributed by atoms with Crippen molar-refractivity contribution in [2.45, 2.75) is 5.00 Å². The van der Waals surface area contributed by atoms with E-state index in [4.69, 9.17) is 11.6 Å². The van der Waals surface area contributed by atoms with Crippen molar-refractivity contribution in [1.29, 1.82) is 0 Å². The van der Waals surface area contributed by atoms with Gasteiger partial charge in [-0.3, -0.25) is 14.9 Å². The second-order valence-corrected chi connectivity index (χ2v) is 4.31. The summed E-state index contributed by atoms with van der Waals surface area (Å²) < 4.78 is 0. The van der Waals surface area contributed by atoms with E-state index in [9.17, 15) is 14.9 Å². The first-order valence-electron chi connectivity index (χ1n) is 5.12. The second kappa shape index (κ2) is 4.62. The Morgan fingerprint density at radius 3 is 2.50 bits per heavy atom. The van der Waals surface area contributed by atoms with E-state index < -0.39 is 9.92 Å². The normalized spacial score (nSPS) is 22.5. The van der Waals surface area contributed by atoms with Gasteiger partial charge in [-0.1, -0.05) is 41.9 Å². The lowest BCUT2D eigenvalue weighted by molar-refractivity contribution is -0.430. The molecule has 2 rings (SSSR count). The number of dihydropyridines is 1. The van der Waals surface area contributed by atoms with Crippen LogP contribution >= 0.6 is 11.6 Å². The van der Waals surface area contributed by atoms with E-state index >= 15 is 0 Å². The molecule has 1 aliphatic rings. The molecule has 5 nitrogen and oxygen atoms in total. The minimum atomic E-state index is -1.83. The number of benzene rings is 1. The number of rotatable bonds is 3. The third-order valence-corrected chi connectivity index (χ3v) is 2.92. The molecule has 18 heavy (non-hydrogen) atoms. The zero-order valence-corrected chi connectivity index (χ0v) is 9.92. The summed E-state index contributed by atoms with van der Waals surface area (Å²) >= 11 is 5.94. The highest BCUT2D eigenvalue weighted by atomic mass is 35.5. The molecule has 0 bridgehead atoms. The van der Waals surface area contributed by atoms with Crippen LogP contribution in [0, 0.1) is 10.1 Å². The molecule has 0 saturated heterocycles. The first-order valence-corrected chi connectivity index (χ1v) is 5.50. The molecular formula is C12H9ClN2O3. The summed E-state index contributed by atoms with van der Waals surface area (Å²) in [5.74, 6) is 0. The highest BCUT2D eigenvalue weighted by Gasteiger charge is 2.43. The number of halogens is 1. The standard InChI is InChI=1S/C12H9ClN2O3/c13-12(8-16)11(15(17)18)7-6-10(14-12)9-4-2-1-3-5-9/h1-8,14H. The first kappa shape index (κ1) is 12.3. The average molecular weight is 265 g/mol. The Bertz CT molecular complexity index is 554. The fraction of sp³-hybridized carbons (Fsp3) is 0.0833. The SMILES string of the molecule is O=CC1(Cl)NC(c2ccccc2)=CC=C1[N+](=O)[O-]. The van der Waals surface area contributed by atoms with Gasteiger partial charge < -0.3 is 5.32 Å². The highest BCUT2D eigenvalue weighted by molar-refractivity contribution is 6.34. The Labute approximate surface area is 108 Å². The molecule has 0 amide bonds. The lowest BCUT2D eigenvalue weighted by atomic mass is 10.1. The maximum absolute atomic E-state index is 11.0. The number of nitrogens with zero attached hydrogens (tertiary/aromatic N) is 1. The van der Waals surface area contributed by atoms with E-state index in [1.807, 2.05) is 30.3 Å². The van der Waals surface area contributed by atoms with Crippen molar-refractivity contribution in [2.75, 3.05) is 0 Å². The molecule has 0 aliphatic carbocycles. The molecule has 1 aromatic carbocycles. The summed E-state index contributed by atoms with van der Waals surface area (Å²) in [5, 5.41) is 13.5. The molecule has 0 fully saturated rings. The molecule has 1 unspecified atom stereocenters. The fourth-order valence-electron chi connectivity index (χ4n) is 1.65. The largest absolute Gasteiger partial charge is 0.352 e. The van der Waals surface area contributed by atoms with Crippen LogP contribution in [0.3, 0.4) is 0 Å². The van der Waals surface area contributed by atoms with Crippen LogP contribution in [0.25, 0.3) is 5.70 Å². The van der Waals surface area contributed by atoms with Crippen LogP contribution in [0.15, 0.2) is 48.2 Å². The molecule has 0 radical (unpaired) electrons. The molecular weight excluding hydrogens is 256 g/mol. The summed E-state index contributed by atoms with van der Waals surface area (Å²) in [6.45, 7) is 0. The topological polar surface area (TPSA) is 72.2 Å². The molecule has 0 spiro atoms. The summed E-state index contributed by atoms with van der Waals surface area (Å²) in [6, 6.07) is 9.11. The van der Waals surface area contributed by atoms with Crippen LogP contribution in [0.2, 0.25) is 0 Å². The van der Waals surface area contributed by atoms with Crippen molar-refractivity contribution in [3.05, 3.63) is 63.9 Å². The van der Waals surface area contributed by atoms with E-state index in [0.717, 1.165) is 5.56 Å². The lowest BCUT2D eigenvalue weighted by Crippen LogP contribution is -2.46. The smallest absolute Gasteiger partial charge is 0.294 e. The summed E-state index contributed by atoms with van der Waals surface area (Å²) in [5.41, 5.74) is 0.963. The molecule has 1 atom stereocenters. The number of hydrogen-bond acceptors (Lipinski definition) is 4. The van der Waals surface area contributed by atoms with Gasteiger partial charge in [0.05, 0.1) is 4.92 Å². The third kappa shape index (κ3) is 2.12. The van der Waals surface area contributed by atoms with Gasteiger partial charge in [-0.25, -0.2) is 0 Å². The molecule has 6 heteroatoms. The zero-order valence-electron chi connectivity index (χ0n) is 9.17. The number of aldehydes is 1. The Morgan fingerprint density at radius 1 is 1.28 bits per heavy atom. The van der Waals surface area contributed by atoms with Crippen LogP contribution in [0.1, 0.15) is 5.56 Å². The van der Waals surface area contributed by atoms with Gasteiger partial charge in [-0.2, -0.15) is 0 Å². The number of nitro groups is 1. The van der Waals surface area contributed by atoms with Crippen LogP contribution in [0.5, 0.6) is 0 Å². The third-order valence-electron chi connectivity index (χ3n) is 2.54. The Hall–Kier alpha value is -2.14. The molecule has 0 saturated carbocycles. The van der Waals surface area contributed by atoms with E-state index in [2.05, 4.69) is 5.32 Å².